The Morgan fingerprint density at radius 1 is 1.08 bits per heavy atom. The normalized spacial score (nSPS) is 21.7. The maximum absolute atomic E-state index is 2.48. The summed E-state index contributed by atoms with van der Waals surface area (Å²) in [6, 6.07) is 0. The van der Waals surface area contributed by atoms with Crippen molar-refractivity contribution in [3.8, 4) is 0 Å². The van der Waals surface area contributed by atoms with Gasteiger partial charge in [0.2, 0.25) is 0 Å². The molecule has 1 saturated carbocycles. The van der Waals surface area contributed by atoms with Gasteiger partial charge in [0.05, 0.1) is 0 Å². The van der Waals surface area contributed by atoms with Crippen LogP contribution in [0, 0.1) is 11.8 Å². The van der Waals surface area contributed by atoms with Crippen LogP contribution in [0.15, 0.2) is 0 Å². The highest BCUT2D eigenvalue weighted by molar-refractivity contribution is 4.71. The van der Waals surface area contributed by atoms with E-state index in [1.165, 1.54) is 57.8 Å². The average molecular weight is 182 g/mol. The summed E-state index contributed by atoms with van der Waals surface area (Å²) in [7, 11) is 0. The molecular formula is C13H26. The van der Waals surface area contributed by atoms with Gasteiger partial charge >= 0.3 is 0 Å². The smallest absolute Gasteiger partial charge is 0.0388 e. The van der Waals surface area contributed by atoms with Crippen LogP contribution in [0.5, 0.6) is 0 Å². The van der Waals surface area contributed by atoms with Crippen LogP contribution < -0.4 is 0 Å². The Morgan fingerprint density at radius 2 is 1.77 bits per heavy atom. The molecule has 0 heteroatoms. The summed E-state index contributed by atoms with van der Waals surface area (Å²) >= 11 is 0. The van der Waals surface area contributed by atoms with Gasteiger partial charge in [0, 0.05) is 0 Å². The molecule has 1 aliphatic carbocycles. The number of hydrogen-bond donors (Lipinski definition) is 0. The minimum Gasteiger partial charge on any atom is -0.0654 e. The Labute approximate surface area is 84.1 Å². The van der Waals surface area contributed by atoms with Crippen molar-refractivity contribution < 1.29 is 0 Å². The van der Waals surface area contributed by atoms with E-state index in [1.54, 1.807) is 0 Å². The second kappa shape index (κ2) is 6.45. The molecule has 0 aromatic heterocycles. The van der Waals surface area contributed by atoms with Gasteiger partial charge in [-0.2, -0.15) is 0 Å². The Kier molecular flexibility index (Phi) is 5.50. The second-order valence-electron chi connectivity index (χ2n) is 4.87. The minimum atomic E-state index is 1.01. The van der Waals surface area contributed by atoms with Crippen LogP contribution >= 0.6 is 0 Å². The van der Waals surface area contributed by atoms with Crippen molar-refractivity contribution in [1.82, 2.24) is 0 Å². The fraction of sp³-hybridized carbons (Fsp3) is 1.00. The molecule has 1 unspecified atom stereocenters. The maximum Gasteiger partial charge on any atom is -0.0388 e. The molecule has 78 valence electrons. The molecule has 0 aromatic carbocycles. The average Bonchev–Trinajstić information content (AvgIpc) is 2.19. The first-order valence-electron chi connectivity index (χ1n) is 6.34. The highest BCUT2D eigenvalue weighted by Gasteiger charge is 2.19. The summed E-state index contributed by atoms with van der Waals surface area (Å²) in [5, 5.41) is 0. The summed E-state index contributed by atoms with van der Waals surface area (Å²) in [4.78, 5) is 0. The molecule has 1 rings (SSSR count). The second-order valence-corrected chi connectivity index (χ2v) is 4.87. The first kappa shape index (κ1) is 11.1. The molecule has 1 aliphatic rings. The topological polar surface area (TPSA) is 0 Å². The van der Waals surface area contributed by atoms with Crippen molar-refractivity contribution in [2.45, 2.75) is 71.6 Å². The van der Waals surface area contributed by atoms with E-state index >= 15 is 0 Å². The lowest BCUT2D eigenvalue weighted by atomic mass is 9.79. The molecular weight excluding hydrogens is 156 g/mol. The SMILES string of the molecule is CCCCCC(C)C1CCCCC1. The fourth-order valence-corrected chi connectivity index (χ4v) is 2.66. The molecule has 0 N–H and O–H groups in total. The van der Waals surface area contributed by atoms with Crippen molar-refractivity contribution in [3.63, 3.8) is 0 Å². The monoisotopic (exact) mass is 182 g/mol. The first-order valence-corrected chi connectivity index (χ1v) is 6.34. The standard InChI is InChI=1S/C13H26/c1-3-4-6-9-12(2)13-10-7-5-8-11-13/h12-13H,3-11H2,1-2H3. The van der Waals surface area contributed by atoms with Gasteiger partial charge in [0.15, 0.2) is 0 Å². The van der Waals surface area contributed by atoms with Gasteiger partial charge in [-0.15, -0.1) is 0 Å². The van der Waals surface area contributed by atoms with Gasteiger partial charge in [-0.3, -0.25) is 0 Å². The molecule has 0 radical (unpaired) electrons. The zero-order chi connectivity index (χ0) is 9.52. The van der Waals surface area contributed by atoms with E-state index in [-0.39, 0.29) is 0 Å². The quantitative estimate of drug-likeness (QED) is 0.537. The van der Waals surface area contributed by atoms with Gasteiger partial charge in [-0.05, 0) is 11.8 Å². The van der Waals surface area contributed by atoms with E-state index in [9.17, 15) is 0 Å². The summed E-state index contributed by atoms with van der Waals surface area (Å²) in [5.41, 5.74) is 0. The Hall–Kier alpha value is 0. The van der Waals surface area contributed by atoms with Crippen molar-refractivity contribution in [2.75, 3.05) is 0 Å². The zero-order valence-electron chi connectivity index (χ0n) is 9.52. The summed E-state index contributed by atoms with van der Waals surface area (Å²) in [6.45, 7) is 4.77. The van der Waals surface area contributed by atoms with Crippen LogP contribution in [-0.4, -0.2) is 0 Å². The largest absolute Gasteiger partial charge is 0.0654 e. The van der Waals surface area contributed by atoms with Crippen molar-refractivity contribution in [1.29, 1.82) is 0 Å². The summed E-state index contributed by atoms with van der Waals surface area (Å²) in [6.07, 6.45) is 13.3. The lowest BCUT2D eigenvalue weighted by Crippen LogP contribution is -2.15. The van der Waals surface area contributed by atoms with Gasteiger partial charge in [0.1, 0.15) is 0 Å². The van der Waals surface area contributed by atoms with E-state index < -0.39 is 0 Å². The van der Waals surface area contributed by atoms with Crippen LogP contribution in [0.1, 0.15) is 71.6 Å². The third kappa shape index (κ3) is 4.15. The number of hydrogen-bond acceptors (Lipinski definition) is 0. The molecule has 0 aliphatic heterocycles. The summed E-state index contributed by atoms with van der Waals surface area (Å²) in [5.74, 6) is 2.08. The molecule has 1 fully saturated rings. The van der Waals surface area contributed by atoms with E-state index in [1.807, 2.05) is 0 Å². The number of unbranched alkanes of at least 4 members (excludes halogenated alkanes) is 2. The Morgan fingerprint density at radius 3 is 2.38 bits per heavy atom. The van der Waals surface area contributed by atoms with Crippen LogP contribution in [0.25, 0.3) is 0 Å². The third-order valence-corrected chi connectivity index (χ3v) is 3.72. The van der Waals surface area contributed by atoms with Gasteiger partial charge in [-0.25, -0.2) is 0 Å². The third-order valence-electron chi connectivity index (χ3n) is 3.72. The molecule has 13 heavy (non-hydrogen) atoms. The van der Waals surface area contributed by atoms with Crippen molar-refractivity contribution in [3.05, 3.63) is 0 Å². The molecule has 0 nitrogen and oxygen atoms in total. The fourth-order valence-electron chi connectivity index (χ4n) is 2.66. The predicted molar refractivity (Wildman–Crippen MR) is 59.9 cm³/mol. The van der Waals surface area contributed by atoms with Crippen LogP contribution in [0.4, 0.5) is 0 Å². The minimum absolute atomic E-state index is 1.01. The lowest BCUT2D eigenvalue weighted by Gasteiger charge is -2.27. The van der Waals surface area contributed by atoms with Crippen molar-refractivity contribution in [2.24, 2.45) is 11.8 Å². The molecule has 0 spiro atoms. The molecule has 0 heterocycles. The molecule has 0 bridgehead atoms. The van der Waals surface area contributed by atoms with Gasteiger partial charge < -0.3 is 0 Å². The van der Waals surface area contributed by atoms with E-state index in [4.69, 9.17) is 0 Å². The van der Waals surface area contributed by atoms with Gasteiger partial charge in [-0.1, -0.05) is 71.6 Å². The highest BCUT2D eigenvalue weighted by atomic mass is 14.2. The first-order chi connectivity index (χ1) is 6.34. The molecule has 0 amide bonds. The maximum atomic E-state index is 2.48. The molecule has 0 aromatic rings. The molecule has 0 saturated heterocycles. The van der Waals surface area contributed by atoms with E-state index in [2.05, 4.69) is 13.8 Å². The zero-order valence-corrected chi connectivity index (χ0v) is 9.52. The van der Waals surface area contributed by atoms with Crippen LogP contribution in [0.2, 0.25) is 0 Å². The highest BCUT2D eigenvalue weighted by Crippen LogP contribution is 2.32. The predicted octanol–water partition coefficient (Wildman–Crippen LogP) is 4.78. The van der Waals surface area contributed by atoms with Crippen molar-refractivity contribution >= 4 is 0 Å². The van der Waals surface area contributed by atoms with E-state index in [0.717, 1.165) is 11.8 Å². The lowest BCUT2D eigenvalue weighted by molar-refractivity contribution is 0.248. The van der Waals surface area contributed by atoms with E-state index in [0.29, 0.717) is 0 Å². The molecule has 1 atom stereocenters. The Balaban J connectivity index is 2.09. The number of rotatable bonds is 5. The van der Waals surface area contributed by atoms with Crippen LogP contribution in [0.3, 0.4) is 0 Å². The Bertz CT molecular complexity index is 111. The van der Waals surface area contributed by atoms with Crippen LogP contribution in [-0.2, 0) is 0 Å². The van der Waals surface area contributed by atoms with Gasteiger partial charge in [0.25, 0.3) is 0 Å². The summed E-state index contributed by atoms with van der Waals surface area (Å²) < 4.78 is 0.